The largest absolute Gasteiger partial charge is 0.417 e. The molecule has 0 atom stereocenters. The van der Waals surface area contributed by atoms with E-state index in [2.05, 4.69) is 20.9 Å². The van der Waals surface area contributed by atoms with Gasteiger partial charge in [-0.3, -0.25) is 0 Å². The molecule has 0 saturated carbocycles. The molecule has 0 bridgehead atoms. The van der Waals surface area contributed by atoms with Crippen molar-refractivity contribution < 1.29 is 13.2 Å². The molecule has 0 aromatic carbocycles. The van der Waals surface area contributed by atoms with E-state index in [1.807, 2.05) is 13.8 Å². The number of aromatic nitrogens is 1. The zero-order valence-electron chi connectivity index (χ0n) is 7.69. The lowest BCUT2D eigenvalue weighted by Crippen LogP contribution is -2.06. The third kappa shape index (κ3) is 3.53. The number of nitrogen functional groups attached to an aromatic ring is 1. The Labute approximate surface area is 88.5 Å². The first-order chi connectivity index (χ1) is 6.41. The summed E-state index contributed by atoms with van der Waals surface area (Å²) in [5, 5.41) is 0. The van der Waals surface area contributed by atoms with Crippen LogP contribution in [-0.2, 0) is 6.18 Å². The van der Waals surface area contributed by atoms with Crippen LogP contribution in [0, 0.1) is 0 Å². The van der Waals surface area contributed by atoms with Gasteiger partial charge in [-0.1, -0.05) is 13.8 Å². The van der Waals surface area contributed by atoms with Crippen molar-refractivity contribution in [1.82, 2.24) is 4.98 Å². The lowest BCUT2D eigenvalue weighted by molar-refractivity contribution is -0.137. The first kappa shape index (κ1) is 13.2. The van der Waals surface area contributed by atoms with Crippen molar-refractivity contribution in [3.05, 3.63) is 22.3 Å². The summed E-state index contributed by atoms with van der Waals surface area (Å²) in [7, 11) is 0. The van der Waals surface area contributed by atoms with E-state index < -0.39 is 11.7 Å². The van der Waals surface area contributed by atoms with Gasteiger partial charge in [0.15, 0.2) is 0 Å². The zero-order chi connectivity index (χ0) is 11.4. The average molecular weight is 271 g/mol. The van der Waals surface area contributed by atoms with Crippen LogP contribution < -0.4 is 5.73 Å². The monoisotopic (exact) mass is 270 g/mol. The molecular formula is C8H10BrF3N2. The SMILES string of the molecule is CC.Nc1ncc(C(F)(F)F)cc1Br. The highest BCUT2D eigenvalue weighted by Crippen LogP contribution is 2.31. The molecule has 1 aromatic heterocycles. The first-order valence-corrected chi connectivity index (χ1v) is 4.69. The number of hydrogen-bond acceptors (Lipinski definition) is 2. The Morgan fingerprint density at radius 3 is 2.21 bits per heavy atom. The highest BCUT2D eigenvalue weighted by atomic mass is 79.9. The Morgan fingerprint density at radius 2 is 1.86 bits per heavy atom. The Balaban J connectivity index is 0.000000791. The van der Waals surface area contributed by atoms with Crippen molar-refractivity contribution in [2.75, 3.05) is 5.73 Å². The standard InChI is InChI=1S/C6H4BrF3N2.C2H6/c7-4-1-3(6(8,9)10)2-12-5(4)11;1-2/h1-2H,(H2,11,12);1-2H3. The van der Waals surface area contributed by atoms with Crippen molar-refractivity contribution in [1.29, 1.82) is 0 Å². The number of pyridine rings is 1. The summed E-state index contributed by atoms with van der Waals surface area (Å²) in [4.78, 5) is 3.36. The number of nitrogens with zero attached hydrogens (tertiary/aromatic N) is 1. The van der Waals surface area contributed by atoms with E-state index >= 15 is 0 Å². The lowest BCUT2D eigenvalue weighted by Gasteiger charge is -2.06. The average Bonchev–Trinajstić information content (AvgIpc) is 2.11. The smallest absolute Gasteiger partial charge is 0.383 e. The third-order valence-corrected chi connectivity index (χ3v) is 1.83. The minimum Gasteiger partial charge on any atom is -0.383 e. The van der Waals surface area contributed by atoms with Crippen LogP contribution in [0.2, 0.25) is 0 Å². The van der Waals surface area contributed by atoms with Gasteiger partial charge in [-0.05, 0) is 22.0 Å². The predicted octanol–water partition coefficient (Wildman–Crippen LogP) is 3.47. The maximum atomic E-state index is 12.0. The molecule has 80 valence electrons. The quantitative estimate of drug-likeness (QED) is 0.784. The first-order valence-electron chi connectivity index (χ1n) is 3.89. The van der Waals surface area contributed by atoms with E-state index in [9.17, 15) is 13.2 Å². The van der Waals surface area contributed by atoms with Gasteiger partial charge in [0, 0.05) is 6.20 Å². The van der Waals surface area contributed by atoms with Gasteiger partial charge in [-0.2, -0.15) is 13.2 Å². The second kappa shape index (κ2) is 5.19. The molecule has 1 rings (SSSR count). The van der Waals surface area contributed by atoms with Crippen molar-refractivity contribution >= 4 is 21.7 Å². The van der Waals surface area contributed by atoms with Crippen LogP contribution >= 0.6 is 15.9 Å². The van der Waals surface area contributed by atoms with Crippen LogP contribution in [0.25, 0.3) is 0 Å². The molecule has 0 aliphatic rings. The molecule has 0 radical (unpaired) electrons. The van der Waals surface area contributed by atoms with Gasteiger partial charge in [0.2, 0.25) is 0 Å². The van der Waals surface area contributed by atoms with Gasteiger partial charge in [0.25, 0.3) is 0 Å². The molecule has 0 unspecified atom stereocenters. The van der Waals surface area contributed by atoms with E-state index in [1.165, 1.54) is 0 Å². The van der Waals surface area contributed by atoms with Crippen molar-refractivity contribution in [3.8, 4) is 0 Å². The lowest BCUT2D eigenvalue weighted by atomic mass is 10.3. The summed E-state index contributed by atoms with van der Waals surface area (Å²) in [5.74, 6) is 0.0444. The second-order valence-corrected chi connectivity index (χ2v) is 2.94. The molecule has 0 fully saturated rings. The number of anilines is 1. The molecule has 0 saturated heterocycles. The fourth-order valence-electron chi connectivity index (χ4n) is 0.604. The topological polar surface area (TPSA) is 38.9 Å². The highest BCUT2D eigenvalue weighted by Gasteiger charge is 2.31. The van der Waals surface area contributed by atoms with Crippen LogP contribution in [0.5, 0.6) is 0 Å². The Bertz CT molecular complexity index is 299. The summed E-state index contributed by atoms with van der Waals surface area (Å²) in [6.07, 6.45) is -3.68. The highest BCUT2D eigenvalue weighted by molar-refractivity contribution is 9.10. The van der Waals surface area contributed by atoms with E-state index in [0.29, 0.717) is 6.20 Å². The van der Waals surface area contributed by atoms with E-state index in [1.54, 1.807) is 0 Å². The molecule has 2 nitrogen and oxygen atoms in total. The van der Waals surface area contributed by atoms with Gasteiger partial charge in [0.05, 0.1) is 10.0 Å². The van der Waals surface area contributed by atoms with Crippen LogP contribution in [0.3, 0.4) is 0 Å². The molecule has 0 spiro atoms. The van der Waals surface area contributed by atoms with Crippen molar-refractivity contribution in [2.24, 2.45) is 0 Å². The van der Waals surface area contributed by atoms with E-state index in [0.717, 1.165) is 6.07 Å². The molecule has 1 aromatic rings. The van der Waals surface area contributed by atoms with Crippen molar-refractivity contribution in [2.45, 2.75) is 20.0 Å². The van der Waals surface area contributed by atoms with Gasteiger partial charge < -0.3 is 5.73 Å². The Hall–Kier alpha value is -0.780. The van der Waals surface area contributed by atoms with Crippen molar-refractivity contribution in [3.63, 3.8) is 0 Å². The van der Waals surface area contributed by atoms with Gasteiger partial charge in [-0.25, -0.2) is 4.98 Å². The molecule has 14 heavy (non-hydrogen) atoms. The molecule has 2 N–H and O–H groups in total. The number of nitrogens with two attached hydrogens (primary N) is 1. The molecule has 0 aliphatic heterocycles. The maximum absolute atomic E-state index is 12.0. The van der Waals surface area contributed by atoms with Crippen LogP contribution in [0.15, 0.2) is 16.7 Å². The van der Waals surface area contributed by atoms with Crippen LogP contribution in [0.4, 0.5) is 19.0 Å². The third-order valence-electron chi connectivity index (χ3n) is 1.20. The Kier molecular flexibility index (Phi) is 4.90. The molecule has 6 heteroatoms. The number of halogens is 4. The maximum Gasteiger partial charge on any atom is 0.417 e. The Morgan fingerprint density at radius 1 is 1.36 bits per heavy atom. The van der Waals surface area contributed by atoms with Gasteiger partial charge >= 0.3 is 6.18 Å². The predicted molar refractivity (Wildman–Crippen MR) is 52.7 cm³/mol. The van der Waals surface area contributed by atoms with E-state index in [4.69, 9.17) is 5.73 Å². The number of hydrogen-bond donors (Lipinski definition) is 1. The minimum atomic E-state index is -4.37. The zero-order valence-corrected chi connectivity index (χ0v) is 9.28. The molecular weight excluding hydrogens is 261 g/mol. The summed E-state index contributed by atoms with van der Waals surface area (Å²) in [6.45, 7) is 4.00. The fourth-order valence-corrected chi connectivity index (χ4v) is 0.953. The fraction of sp³-hybridized carbons (Fsp3) is 0.375. The van der Waals surface area contributed by atoms with E-state index in [-0.39, 0.29) is 10.3 Å². The van der Waals surface area contributed by atoms with Gasteiger partial charge in [0.1, 0.15) is 5.82 Å². The van der Waals surface area contributed by atoms with Crippen LogP contribution in [-0.4, -0.2) is 4.98 Å². The summed E-state index contributed by atoms with van der Waals surface area (Å²) in [6, 6.07) is 0.891. The number of alkyl halides is 3. The normalized spacial score (nSPS) is 10.4. The summed E-state index contributed by atoms with van der Waals surface area (Å²) in [5.41, 5.74) is 4.39. The molecule has 0 amide bonds. The van der Waals surface area contributed by atoms with Gasteiger partial charge in [-0.15, -0.1) is 0 Å². The molecule has 0 aliphatic carbocycles. The number of rotatable bonds is 0. The summed E-state index contributed by atoms with van der Waals surface area (Å²) < 4.78 is 36.1. The minimum absolute atomic E-state index is 0.0444. The summed E-state index contributed by atoms with van der Waals surface area (Å²) >= 11 is 2.85. The second-order valence-electron chi connectivity index (χ2n) is 2.09. The van der Waals surface area contributed by atoms with Crippen LogP contribution in [0.1, 0.15) is 19.4 Å². The molecule has 1 heterocycles.